The second-order valence-corrected chi connectivity index (χ2v) is 11.4. The molecule has 1 unspecified atom stereocenters. The van der Waals surface area contributed by atoms with Crippen LogP contribution >= 0.6 is 0 Å². The Morgan fingerprint density at radius 3 is 2.57 bits per heavy atom. The van der Waals surface area contributed by atoms with Crippen LogP contribution in [0.4, 0.5) is 5.82 Å². The van der Waals surface area contributed by atoms with Gasteiger partial charge in [0.1, 0.15) is 11.6 Å². The van der Waals surface area contributed by atoms with Crippen LogP contribution in [-0.2, 0) is 16.0 Å². The van der Waals surface area contributed by atoms with Crippen molar-refractivity contribution in [3.05, 3.63) is 95.2 Å². The first kappa shape index (κ1) is 27.4. The van der Waals surface area contributed by atoms with Gasteiger partial charge in [-0.2, -0.15) is 0 Å². The van der Waals surface area contributed by atoms with Gasteiger partial charge in [0.15, 0.2) is 6.10 Å². The molecule has 0 radical (unpaired) electrons. The third kappa shape index (κ3) is 5.05. The van der Waals surface area contributed by atoms with Crippen molar-refractivity contribution >= 4 is 39.5 Å². The molecule has 2 N–H and O–H groups in total. The summed E-state index contributed by atoms with van der Waals surface area (Å²) in [6.45, 7) is 7.96. The van der Waals surface area contributed by atoms with Gasteiger partial charge in [-0.15, -0.1) is 0 Å². The number of pyridine rings is 2. The number of nitrogens with zero attached hydrogens (tertiary/aromatic N) is 2. The van der Waals surface area contributed by atoms with E-state index in [4.69, 9.17) is 19.4 Å². The van der Waals surface area contributed by atoms with E-state index in [0.29, 0.717) is 40.2 Å². The Balaban J connectivity index is 1.60. The lowest BCUT2D eigenvalue weighted by molar-refractivity contribution is -0.160. The number of hydrogen-bond acceptors (Lipinski definition) is 6. The monoisotopic (exact) mass is 561 g/mol. The zero-order chi connectivity index (χ0) is 29.6. The smallest absolute Gasteiger partial charge is 0.337 e. The molecule has 0 saturated heterocycles. The zero-order valence-electron chi connectivity index (χ0n) is 23.9. The molecule has 5 aromatic rings. The number of carbonyl (C=O) groups is 2. The topological polar surface area (TPSA) is 111 Å². The number of fused-ring (bicyclic) bond motifs is 1. The number of anilines is 1. The Hall–Kier alpha value is -4.82. The molecule has 8 heteroatoms. The molecule has 1 amide bonds. The first-order valence-corrected chi connectivity index (χ1v) is 13.9. The van der Waals surface area contributed by atoms with E-state index in [1.807, 2.05) is 64.1 Å². The van der Waals surface area contributed by atoms with Crippen molar-refractivity contribution in [1.29, 1.82) is 0 Å². The van der Waals surface area contributed by atoms with Gasteiger partial charge < -0.3 is 19.9 Å². The molecule has 42 heavy (non-hydrogen) atoms. The quantitative estimate of drug-likeness (QED) is 0.232. The molecule has 6 rings (SSSR count). The molecule has 0 bridgehead atoms. The summed E-state index contributed by atoms with van der Waals surface area (Å²) in [6, 6.07) is 20.2. The van der Waals surface area contributed by atoms with Gasteiger partial charge in [-0.25, -0.2) is 9.78 Å². The van der Waals surface area contributed by atoms with E-state index in [9.17, 15) is 14.7 Å². The fourth-order valence-corrected chi connectivity index (χ4v) is 5.59. The van der Waals surface area contributed by atoms with E-state index in [1.54, 1.807) is 36.5 Å². The second-order valence-electron chi connectivity index (χ2n) is 11.4. The number of rotatable bonds is 6. The average molecular weight is 562 g/mol. The van der Waals surface area contributed by atoms with E-state index in [-0.39, 0.29) is 5.91 Å². The molecule has 3 aromatic carbocycles. The summed E-state index contributed by atoms with van der Waals surface area (Å²) < 4.78 is 12.1. The molecule has 2 aromatic heterocycles. The number of ether oxygens (including phenoxy) is 2. The van der Waals surface area contributed by atoms with Crippen LogP contribution in [0.2, 0.25) is 0 Å². The highest BCUT2D eigenvalue weighted by Gasteiger charge is 2.33. The summed E-state index contributed by atoms with van der Waals surface area (Å²) >= 11 is 0. The highest BCUT2D eigenvalue weighted by molar-refractivity contribution is 6.09. The van der Waals surface area contributed by atoms with E-state index in [0.717, 1.165) is 39.6 Å². The van der Waals surface area contributed by atoms with Crippen LogP contribution < -0.4 is 10.1 Å². The minimum Gasteiger partial charge on any atom is -0.493 e. The number of aromatic nitrogens is 2. The van der Waals surface area contributed by atoms with Crippen molar-refractivity contribution in [2.45, 2.75) is 45.8 Å². The van der Waals surface area contributed by atoms with Crippen LogP contribution in [0.5, 0.6) is 5.75 Å². The maximum Gasteiger partial charge on any atom is 0.337 e. The molecule has 1 aliphatic rings. The van der Waals surface area contributed by atoms with Crippen LogP contribution in [0.15, 0.2) is 72.9 Å². The first-order valence-electron chi connectivity index (χ1n) is 13.9. The fraction of sp³-hybridized carbons (Fsp3) is 0.235. The van der Waals surface area contributed by atoms with Crippen molar-refractivity contribution in [3.63, 3.8) is 0 Å². The summed E-state index contributed by atoms with van der Waals surface area (Å²) in [5, 5.41) is 15.0. The zero-order valence-corrected chi connectivity index (χ0v) is 23.9. The van der Waals surface area contributed by atoms with Gasteiger partial charge in [0, 0.05) is 40.1 Å². The molecule has 0 aliphatic carbocycles. The summed E-state index contributed by atoms with van der Waals surface area (Å²) in [5.41, 5.74) is 4.93. The third-order valence-electron chi connectivity index (χ3n) is 7.32. The number of carboxylic acids is 1. The van der Waals surface area contributed by atoms with Gasteiger partial charge in [-0.05, 0) is 92.9 Å². The van der Waals surface area contributed by atoms with Gasteiger partial charge in [0.05, 0.1) is 23.2 Å². The van der Waals surface area contributed by atoms with Crippen molar-refractivity contribution in [2.24, 2.45) is 0 Å². The predicted octanol–water partition coefficient (Wildman–Crippen LogP) is 6.89. The van der Waals surface area contributed by atoms with Gasteiger partial charge in [-0.3, -0.25) is 9.78 Å². The Morgan fingerprint density at radius 2 is 1.83 bits per heavy atom. The summed E-state index contributed by atoms with van der Waals surface area (Å²) in [7, 11) is 0. The van der Waals surface area contributed by atoms with Crippen molar-refractivity contribution in [1.82, 2.24) is 9.97 Å². The van der Waals surface area contributed by atoms with Crippen LogP contribution in [-0.4, -0.2) is 39.2 Å². The lowest BCUT2D eigenvalue weighted by Gasteiger charge is -2.29. The molecule has 0 fully saturated rings. The van der Waals surface area contributed by atoms with Crippen molar-refractivity contribution in [2.75, 3.05) is 11.9 Å². The molecule has 1 atom stereocenters. The number of carboxylic acid groups (broad SMARTS) is 1. The minimum atomic E-state index is -1.25. The summed E-state index contributed by atoms with van der Waals surface area (Å²) in [6.07, 6.45) is 1.29. The maximum absolute atomic E-state index is 12.8. The maximum atomic E-state index is 12.8. The van der Waals surface area contributed by atoms with Gasteiger partial charge in [-0.1, -0.05) is 18.2 Å². The first-order chi connectivity index (χ1) is 20.1. The third-order valence-corrected chi connectivity index (χ3v) is 7.32. The molecule has 212 valence electrons. The molecular weight excluding hydrogens is 530 g/mol. The Bertz CT molecular complexity index is 1850. The minimum absolute atomic E-state index is 0.270. The number of amides is 1. The molecule has 8 nitrogen and oxygen atoms in total. The van der Waals surface area contributed by atoms with E-state index < -0.39 is 17.7 Å². The van der Waals surface area contributed by atoms with Crippen LogP contribution in [0.1, 0.15) is 53.9 Å². The number of hydrogen-bond donors (Lipinski definition) is 2. The van der Waals surface area contributed by atoms with Gasteiger partial charge >= 0.3 is 5.97 Å². The number of aryl methyl sites for hydroxylation is 1. The van der Waals surface area contributed by atoms with E-state index in [2.05, 4.69) is 5.32 Å². The number of nitrogens with one attached hydrogen (secondary N) is 1. The largest absolute Gasteiger partial charge is 0.493 e. The molecule has 1 aliphatic heterocycles. The lowest BCUT2D eigenvalue weighted by atomic mass is 9.86. The summed E-state index contributed by atoms with van der Waals surface area (Å²) in [4.78, 5) is 35.2. The molecule has 0 saturated carbocycles. The predicted molar refractivity (Wildman–Crippen MR) is 162 cm³/mol. The van der Waals surface area contributed by atoms with Gasteiger partial charge in [0.25, 0.3) is 5.91 Å². The van der Waals surface area contributed by atoms with E-state index >= 15 is 0 Å². The standard InChI is InChI=1S/C34H31N3O5/c1-19-18-24-22(11-13-26(36-24)37-32(38)21-8-6-5-7-9-21)29(27(19)31(33(39)40)42-34(2,3)4)23-10-12-25-28-20(15-17-41-25)14-16-35-30(23)28/h5-14,16,18,31H,15,17H2,1-4H3,(H,39,40)(H,36,37,38). The normalized spacial score (nSPS) is 13.5. The SMILES string of the molecule is Cc1cc2nc(NC(=O)c3ccccc3)ccc2c(-c2ccc3c4c(ccnc24)CCO3)c1C(OC(C)(C)C)C(=O)O. The number of benzene rings is 3. The number of carbonyl (C=O) groups excluding carboxylic acids is 1. The van der Waals surface area contributed by atoms with Crippen LogP contribution in [0.3, 0.4) is 0 Å². The fourth-order valence-electron chi connectivity index (χ4n) is 5.59. The van der Waals surface area contributed by atoms with E-state index in [1.165, 1.54) is 0 Å². The Morgan fingerprint density at radius 1 is 1.05 bits per heavy atom. The second kappa shape index (κ2) is 10.5. The van der Waals surface area contributed by atoms with Crippen LogP contribution in [0.25, 0.3) is 32.9 Å². The summed E-state index contributed by atoms with van der Waals surface area (Å²) in [5.74, 6) is -0.217. The Kier molecular flexibility index (Phi) is 6.86. The van der Waals surface area contributed by atoms with Crippen LogP contribution in [0, 0.1) is 6.92 Å². The molecule has 0 spiro atoms. The van der Waals surface area contributed by atoms with Gasteiger partial charge in [0.2, 0.25) is 0 Å². The molecule has 3 heterocycles. The Labute approximate surface area is 243 Å². The van der Waals surface area contributed by atoms with Crippen molar-refractivity contribution in [3.8, 4) is 16.9 Å². The highest BCUT2D eigenvalue weighted by Crippen LogP contribution is 2.45. The highest BCUT2D eigenvalue weighted by atomic mass is 16.5. The average Bonchev–Trinajstić information content (AvgIpc) is 2.96. The van der Waals surface area contributed by atoms with Crippen molar-refractivity contribution < 1.29 is 24.2 Å². The lowest BCUT2D eigenvalue weighted by Crippen LogP contribution is -2.28. The molecular formula is C34H31N3O5. The number of aliphatic carboxylic acids is 1.